The van der Waals surface area contributed by atoms with Gasteiger partial charge in [0.2, 0.25) is 0 Å². The Kier molecular flexibility index (Phi) is 6.35. The minimum Gasteiger partial charge on any atom is -0.396 e. The molecule has 1 N–H and O–H groups in total. The smallest absolute Gasteiger partial charge is 0.0493 e. The van der Waals surface area contributed by atoms with Gasteiger partial charge in [-0.1, -0.05) is 71.8 Å². The highest BCUT2D eigenvalue weighted by molar-refractivity contribution is 5.27. The van der Waals surface area contributed by atoms with Gasteiger partial charge in [-0.25, -0.2) is 0 Å². The molecule has 9 atom stereocenters. The Bertz CT molecular complexity index is 720. The van der Waals surface area contributed by atoms with Gasteiger partial charge in [-0.15, -0.1) is 0 Å². The van der Waals surface area contributed by atoms with E-state index in [1.807, 2.05) is 5.57 Å². The number of aliphatic hydroxyl groups is 1. The summed E-state index contributed by atoms with van der Waals surface area (Å²) in [7, 11) is 0. The third-order valence-corrected chi connectivity index (χ3v) is 11.9. The highest BCUT2D eigenvalue weighted by Crippen LogP contribution is 2.73. The van der Waals surface area contributed by atoms with Crippen molar-refractivity contribution in [1.29, 1.82) is 0 Å². The SMILES string of the molecule is C=C(CC[C@@H](C)[C@H]1CC[C@@]2(C)[C@@H]3CC=C4C(C)CCC[C@]4(C)[C@H]3CC[C@]12C)C(C)CO. The van der Waals surface area contributed by atoms with Crippen molar-refractivity contribution < 1.29 is 5.11 Å². The second-order valence-electron chi connectivity index (χ2n) is 13.1. The van der Waals surface area contributed by atoms with Crippen molar-refractivity contribution in [2.75, 3.05) is 6.61 Å². The van der Waals surface area contributed by atoms with Crippen molar-refractivity contribution in [3.63, 3.8) is 0 Å². The third kappa shape index (κ3) is 3.51. The molecular weight excluding hydrogens is 376 g/mol. The quantitative estimate of drug-likeness (QED) is 0.424. The first-order valence-corrected chi connectivity index (χ1v) is 13.6. The van der Waals surface area contributed by atoms with Crippen molar-refractivity contribution in [3.05, 3.63) is 23.8 Å². The average Bonchev–Trinajstić information content (AvgIpc) is 3.02. The summed E-state index contributed by atoms with van der Waals surface area (Å²) in [5.41, 5.74) is 4.54. The molecule has 0 spiro atoms. The molecule has 0 aliphatic heterocycles. The number of hydrogen-bond donors (Lipinski definition) is 1. The van der Waals surface area contributed by atoms with Gasteiger partial charge in [-0.3, -0.25) is 0 Å². The fourth-order valence-electron chi connectivity index (χ4n) is 9.48. The van der Waals surface area contributed by atoms with Crippen molar-refractivity contribution in [3.8, 4) is 0 Å². The molecule has 176 valence electrons. The molecular formula is C30H50O. The highest BCUT2D eigenvalue weighted by atomic mass is 16.3. The maximum atomic E-state index is 9.48. The van der Waals surface area contributed by atoms with E-state index in [-0.39, 0.29) is 12.5 Å². The molecule has 0 heterocycles. The second-order valence-corrected chi connectivity index (χ2v) is 13.1. The normalized spacial score (nSPS) is 46.4. The molecule has 1 heteroatoms. The van der Waals surface area contributed by atoms with E-state index in [0.29, 0.717) is 16.2 Å². The fourth-order valence-corrected chi connectivity index (χ4v) is 9.48. The number of aliphatic hydroxyl groups excluding tert-OH is 1. The Morgan fingerprint density at radius 2 is 1.77 bits per heavy atom. The van der Waals surface area contributed by atoms with Crippen molar-refractivity contribution in [2.45, 2.75) is 106 Å². The molecule has 1 nitrogen and oxygen atoms in total. The van der Waals surface area contributed by atoms with Crippen LogP contribution in [0.15, 0.2) is 23.8 Å². The lowest BCUT2D eigenvalue weighted by atomic mass is 9.41. The predicted octanol–water partition coefficient (Wildman–Crippen LogP) is 8.19. The van der Waals surface area contributed by atoms with Gasteiger partial charge in [-0.2, -0.15) is 0 Å². The Morgan fingerprint density at radius 1 is 1.06 bits per heavy atom. The molecule has 0 aromatic rings. The van der Waals surface area contributed by atoms with E-state index in [9.17, 15) is 5.11 Å². The summed E-state index contributed by atoms with van der Waals surface area (Å²) < 4.78 is 0. The van der Waals surface area contributed by atoms with E-state index in [0.717, 1.165) is 36.0 Å². The van der Waals surface area contributed by atoms with Crippen LogP contribution in [0, 0.1) is 51.8 Å². The zero-order chi connectivity index (χ0) is 22.6. The summed E-state index contributed by atoms with van der Waals surface area (Å²) in [6.07, 6.45) is 16.4. The van der Waals surface area contributed by atoms with Crippen LogP contribution in [-0.4, -0.2) is 11.7 Å². The van der Waals surface area contributed by atoms with Crippen LogP contribution in [0.5, 0.6) is 0 Å². The molecule has 2 unspecified atom stereocenters. The Morgan fingerprint density at radius 3 is 2.48 bits per heavy atom. The molecule has 0 amide bonds. The monoisotopic (exact) mass is 426 g/mol. The van der Waals surface area contributed by atoms with Gasteiger partial charge < -0.3 is 5.11 Å². The Hall–Kier alpha value is -0.560. The minimum absolute atomic E-state index is 0.238. The first kappa shape index (κ1) is 23.6. The van der Waals surface area contributed by atoms with Crippen LogP contribution in [-0.2, 0) is 0 Å². The highest BCUT2D eigenvalue weighted by Gasteiger charge is 2.64. The lowest BCUT2D eigenvalue weighted by Gasteiger charge is -2.63. The number of allylic oxidation sites excluding steroid dienone is 2. The summed E-state index contributed by atoms with van der Waals surface area (Å²) >= 11 is 0. The fraction of sp³-hybridized carbons (Fsp3) is 0.867. The predicted molar refractivity (Wildman–Crippen MR) is 133 cm³/mol. The van der Waals surface area contributed by atoms with Crippen molar-refractivity contribution >= 4 is 0 Å². The summed E-state index contributed by atoms with van der Waals surface area (Å²) in [4.78, 5) is 0. The first-order chi connectivity index (χ1) is 14.6. The van der Waals surface area contributed by atoms with Crippen molar-refractivity contribution in [2.24, 2.45) is 51.8 Å². The van der Waals surface area contributed by atoms with Crippen LogP contribution in [0.3, 0.4) is 0 Å². The van der Waals surface area contributed by atoms with Gasteiger partial charge in [0.1, 0.15) is 0 Å². The zero-order valence-electron chi connectivity index (χ0n) is 21.5. The summed E-state index contributed by atoms with van der Waals surface area (Å²) in [6.45, 7) is 19.7. The standard InChI is InChI=1S/C30H50O/c1-20(23(4)19-31)10-11-22(3)25-14-17-30(7)27-13-12-24-21(2)9-8-16-28(24,5)26(27)15-18-29(25,30)6/h12,21-23,25-27,31H,1,8-11,13-19H2,2-7H3/t21?,22-,23?,25-,26+,27-,28+,29-,30+/m1/s1. The summed E-state index contributed by atoms with van der Waals surface area (Å²) in [5.74, 6) is 4.45. The van der Waals surface area contributed by atoms with Crippen LogP contribution in [0.25, 0.3) is 0 Å². The third-order valence-electron chi connectivity index (χ3n) is 11.9. The van der Waals surface area contributed by atoms with Gasteiger partial charge in [0, 0.05) is 6.61 Å². The molecule has 4 rings (SSSR count). The topological polar surface area (TPSA) is 20.2 Å². The van der Waals surface area contributed by atoms with Gasteiger partial charge in [-0.05, 0) is 110 Å². The second kappa shape index (κ2) is 8.34. The lowest BCUT2D eigenvalue weighted by Crippen LogP contribution is -2.55. The van der Waals surface area contributed by atoms with E-state index >= 15 is 0 Å². The van der Waals surface area contributed by atoms with E-state index < -0.39 is 0 Å². The first-order valence-electron chi connectivity index (χ1n) is 13.6. The van der Waals surface area contributed by atoms with E-state index in [1.165, 1.54) is 63.4 Å². The lowest BCUT2D eigenvalue weighted by molar-refractivity contribution is -0.112. The van der Waals surface area contributed by atoms with E-state index in [1.54, 1.807) is 0 Å². The Labute approximate surface area is 193 Å². The van der Waals surface area contributed by atoms with Gasteiger partial charge in [0.25, 0.3) is 0 Å². The van der Waals surface area contributed by atoms with Crippen LogP contribution >= 0.6 is 0 Å². The Balaban J connectivity index is 1.54. The summed E-state index contributed by atoms with van der Waals surface area (Å²) in [5, 5.41) is 9.48. The number of hydrogen-bond acceptors (Lipinski definition) is 1. The van der Waals surface area contributed by atoms with Crippen LogP contribution in [0.2, 0.25) is 0 Å². The molecule has 0 bridgehead atoms. The van der Waals surface area contributed by atoms with Gasteiger partial charge in [0.15, 0.2) is 0 Å². The molecule has 4 aliphatic carbocycles. The minimum atomic E-state index is 0.238. The molecule has 3 saturated carbocycles. The maximum absolute atomic E-state index is 9.48. The maximum Gasteiger partial charge on any atom is 0.0493 e. The molecule has 31 heavy (non-hydrogen) atoms. The summed E-state index contributed by atoms with van der Waals surface area (Å²) in [6, 6.07) is 0. The molecule has 3 fully saturated rings. The van der Waals surface area contributed by atoms with Crippen LogP contribution in [0.1, 0.15) is 106 Å². The molecule has 0 aromatic carbocycles. The molecule has 0 radical (unpaired) electrons. The van der Waals surface area contributed by atoms with Crippen LogP contribution < -0.4 is 0 Å². The van der Waals surface area contributed by atoms with E-state index in [4.69, 9.17) is 0 Å². The van der Waals surface area contributed by atoms with Crippen molar-refractivity contribution in [1.82, 2.24) is 0 Å². The number of fused-ring (bicyclic) bond motifs is 5. The average molecular weight is 427 g/mol. The zero-order valence-corrected chi connectivity index (χ0v) is 21.5. The largest absolute Gasteiger partial charge is 0.396 e. The van der Waals surface area contributed by atoms with Gasteiger partial charge >= 0.3 is 0 Å². The van der Waals surface area contributed by atoms with Gasteiger partial charge in [0.05, 0.1) is 0 Å². The molecule has 4 aliphatic rings. The van der Waals surface area contributed by atoms with E-state index in [2.05, 4.69) is 54.2 Å². The molecule has 0 saturated heterocycles. The molecule has 0 aromatic heterocycles. The number of rotatable bonds is 6. The van der Waals surface area contributed by atoms with Crippen LogP contribution in [0.4, 0.5) is 0 Å².